The summed E-state index contributed by atoms with van der Waals surface area (Å²) in [5.74, 6) is -0.254. The maximum Gasteiger partial charge on any atom is 0.307 e. The molecule has 144 valence electrons. The highest BCUT2D eigenvalue weighted by molar-refractivity contribution is 7.63. The van der Waals surface area contributed by atoms with Crippen molar-refractivity contribution >= 4 is 13.3 Å². The molecule has 3 atom stereocenters. The maximum atomic E-state index is 14.4. The first kappa shape index (κ1) is 19.9. The van der Waals surface area contributed by atoms with Crippen molar-refractivity contribution in [3.8, 4) is 0 Å². The monoisotopic (exact) mass is 385 g/mol. The molecule has 1 heterocycles. The second kappa shape index (κ2) is 8.86. The number of esters is 1. The molecule has 5 heteroatoms. The third kappa shape index (κ3) is 4.51. The molecule has 2 aromatic rings. The minimum Gasteiger partial charge on any atom is -0.466 e. The Morgan fingerprint density at radius 1 is 1.04 bits per heavy atom. The Morgan fingerprint density at radius 3 is 1.96 bits per heavy atom. The van der Waals surface area contributed by atoms with Gasteiger partial charge in [0.1, 0.15) is 0 Å². The smallest absolute Gasteiger partial charge is 0.307 e. The van der Waals surface area contributed by atoms with Crippen LogP contribution in [0.1, 0.15) is 55.6 Å². The molecule has 0 spiro atoms. The average Bonchev–Trinajstić information content (AvgIpc) is 2.99. The van der Waals surface area contributed by atoms with Gasteiger partial charge >= 0.3 is 5.97 Å². The van der Waals surface area contributed by atoms with Crippen molar-refractivity contribution in [3.63, 3.8) is 0 Å². The summed E-state index contributed by atoms with van der Waals surface area (Å²) in [7, 11) is -2.82. The van der Waals surface area contributed by atoms with Crippen LogP contribution in [-0.4, -0.2) is 18.6 Å². The minimum absolute atomic E-state index is 0.0337. The first-order valence-electron chi connectivity index (χ1n) is 9.67. The van der Waals surface area contributed by atoms with Crippen molar-refractivity contribution in [2.45, 2.75) is 50.5 Å². The summed E-state index contributed by atoms with van der Waals surface area (Å²) in [6.07, 6.45) is 1.97. The van der Waals surface area contributed by atoms with Gasteiger partial charge in [0.25, 0.3) is 0 Å². The zero-order valence-electron chi connectivity index (χ0n) is 16.0. The number of rotatable bonds is 7. The van der Waals surface area contributed by atoms with E-state index >= 15 is 0 Å². The fourth-order valence-corrected chi connectivity index (χ4v) is 7.95. The molecular formula is C22H28NO3P. The number of benzene rings is 2. The molecule has 0 unspecified atom stereocenters. The van der Waals surface area contributed by atoms with Crippen LogP contribution < -0.4 is 5.09 Å². The van der Waals surface area contributed by atoms with E-state index in [0.717, 1.165) is 24.0 Å². The van der Waals surface area contributed by atoms with Gasteiger partial charge in [-0.1, -0.05) is 60.7 Å². The van der Waals surface area contributed by atoms with Crippen molar-refractivity contribution in [1.29, 1.82) is 0 Å². The molecule has 0 saturated carbocycles. The Bertz CT molecular complexity index is 742. The van der Waals surface area contributed by atoms with Crippen molar-refractivity contribution in [3.05, 3.63) is 71.8 Å². The van der Waals surface area contributed by atoms with E-state index in [2.05, 4.69) is 29.4 Å². The van der Waals surface area contributed by atoms with Crippen molar-refractivity contribution in [1.82, 2.24) is 5.09 Å². The Morgan fingerprint density at radius 2 is 1.52 bits per heavy atom. The quantitative estimate of drug-likeness (QED) is 0.507. The van der Waals surface area contributed by atoms with Crippen LogP contribution in [0.15, 0.2) is 60.7 Å². The lowest BCUT2D eigenvalue weighted by Gasteiger charge is -2.30. The zero-order valence-corrected chi connectivity index (χ0v) is 16.9. The predicted molar refractivity (Wildman–Crippen MR) is 109 cm³/mol. The van der Waals surface area contributed by atoms with Gasteiger partial charge in [-0.15, -0.1) is 0 Å². The SMILES string of the molecule is CCOC(=O)C[C@H](C)NP1(=O)[C@H](c2ccccc2)CC[C@H]1c1ccccc1. The van der Waals surface area contributed by atoms with Crippen molar-refractivity contribution < 1.29 is 14.1 Å². The molecule has 0 aliphatic carbocycles. The van der Waals surface area contributed by atoms with E-state index in [1.807, 2.05) is 43.3 Å². The second-order valence-corrected chi connectivity index (χ2v) is 10.1. The van der Waals surface area contributed by atoms with Crippen LogP contribution in [0.3, 0.4) is 0 Å². The van der Waals surface area contributed by atoms with E-state index in [1.165, 1.54) is 0 Å². The molecule has 3 rings (SSSR count). The van der Waals surface area contributed by atoms with Crippen LogP contribution in [0.2, 0.25) is 0 Å². The summed E-state index contributed by atoms with van der Waals surface area (Å²) in [5, 5.41) is 3.40. The van der Waals surface area contributed by atoms with Crippen LogP contribution in [0.25, 0.3) is 0 Å². The summed E-state index contributed by atoms with van der Waals surface area (Å²) in [6, 6.07) is 20.0. The molecule has 1 saturated heterocycles. The summed E-state index contributed by atoms with van der Waals surface area (Å²) in [6.45, 7) is 4.08. The van der Waals surface area contributed by atoms with Crippen LogP contribution in [-0.2, 0) is 14.1 Å². The number of nitrogens with one attached hydrogen (secondary N) is 1. The Hall–Kier alpha value is -1.90. The molecular weight excluding hydrogens is 357 g/mol. The number of ether oxygens (including phenoxy) is 1. The summed E-state index contributed by atoms with van der Waals surface area (Å²) in [4.78, 5) is 11.9. The van der Waals surface area contributed by atoms with Gasteiger partial charge in [0.2, 0.25) is 0 Å². The molecule has 1 fully saturated rings. The summed E-state index contributed by atoms with van der Waals surface area (Å²) in [5.41, 5.74) is 2.15. The summed E-state index contributed by atoms with van der Waals surface area (Å²) >= 11 is 0. The molecule has 2 aromatic carbocycles. The molecule has 0 amide bonds. The number of hydrogen-bond donors (Lipinski definition) is 1. The number of hydrogen-bond acceptors (Lipinski definition) is 3. The molecule has 1 N–H and O–H groups in total. The molecule has 1 aliphatic heterocycles. The standard InChI is InChI=1S/C22H28NO3P/c1-3-26-22(24)16-17(2)23-27(25)20(18-10-6-4-7-11-18)14-15-21(27)19-12-8-5-9-13-19/h4-13,17,20-21H,3,14-16H2,1-2H3,(H,23,25)/t17-,20-,21-/m0/s1. The van der Waals surface area contributed by atoms with Gasteiger partial charge in [0, 0.05) is 6.04 Å². The first-order valence-corrected chi connectivity index (χ1v) is 11.5. The maximum absolute atomic E-state index is 14.4. The van der Waals surface area contributed by atoms with Crippen LogP contribution in [0.5, 0.6) is 0 Å². The lowest BCUT2D eigenvalue weighted by Crippen LogP contribution is -2.29. The Balaban J connectivity index is 1.89. The molecule has 0 bridgehead atoms. The predicted octanol–water partition coefficient (Wildman–Crippen LogP) is 5.47. The van der Waals surface area contributed by atoms with Crippen LogP contribution in [0, 0.1) is 0 Å². The highest BCUT2D eigenvalue weighted by Crippen LogP contribution is 2.74. The first-order chi connectivity index (χ1) is 13.0. The topological polar surface area (TPSA) is 55.4 Å². The second-order valence-electron chi connectivity index (χ2n) is 7.18. The summed E-state index contributed by atoms with van der Waals surface area (Å²) < 4.78 is 19.4. The van der Waals surface area contributed by atoms with Gasteiger partial charge in [-0.2, -0.15) is 0 Å². The fraction of sp³-hybridized carbons (Fsp3) is 0.409. The molecule has 27 heavy (non-hydrogen) atoms. The zero-order chi connectivity index (χ0) is 19.3. The van der Waals surface area contributed by atoms with Gasteiger partial charge in [-0.25, -0.2) is 0 Å². The highest BCUT2D eigenvalue weighted by atomic mass is 31.2. The van der Waals surface area contributed by atoms with E-state index in [4.69, 9.17) is 4.74 Å². The van der Waals surface area contributed by atoms with E-state index in [-0.39, 0.29) is 29.7 Å². The van der Waals surface area contributed by atoms with Gasteiger partial charge in [0.05, 0.1) is 24.3 Å². The third-order valence-electron chi connectivity index (χ3n) is 5.21. The fourth-order valence-electron chi connectivity index (χ4n) is 4.08. The van der Waals surface area contributed by atoms with Gasteiger partial charge in [-0.3, -0.25) is 9.88 Å². The van der Waals surface area contributed by atoms with E-state index in [0.29, 0.717) is 6.61 Å². The Labute approximate surface area is 161 Å². The normalized spacial score (nSPS) is 22.3. The largest absolute Gasteiger partial charge is 0.466 e. The molecule has 0 radical (unpaired) electrons. The van der Waals surface area contributed by atoms with Crippen molar-refractivity contribution in [2.24, 2.45) is 0 Å². The van der Waals surface area contributed by atoms with Crippen molar-refractivity contribution in [2.75, 3.05) is 6.61 Å². The average molecular weight is 385 g/mol. The number of carbonyl (C=O) groups is 1. The van der Waals surface area contributed by atoms with E-state index in [1.54, 1.807) is 6.92 Å². The lowest BCUT2D eigenvalue weighted by atomic mass is 10.0. The molecule has 0 aromatic heterocycles. The Kier molecular flexibility index (Phi) is 6.51. The molecule has 4 nitrogen and oxygen atoms in total. The van der Waals surface area contributed by atoms with Crippen LogP contribution >= 0.6 is 7.29 Å². The molecule has 1 aliphatic rings. The van der Waals surface area contributed by atoms with E-state index in [9.17, 15) is 9.36 Å². The number of carbonyl (C=O) groups excluding carboxylic acids is 1. The van der Waals surface area contributed by atoms with Crippen LogP contribution in [0.4, 0.5) is 0 Å². The van der Waals surface area contributed by atoms with Gasteiger partial charge < -0.3 is 9.30 Å². The van der Waals surface area contributed by atoms with Gasteiger partial charge in [-0.05, 0) is 37.8 Å². The minimum atomic E-state index is -2.82. The highest BCUT2D eigenvalue weighted by Gasteiger charge is 2.48. The lowest BCUT2D eigenvalue weighted by molar-refractivity contribution is -0.143. The third-order valence-corrected chi connectivity index (χ3v) is 9.02. The van der Waals surface area contributed by atoms with Gasteiger partial charge in [0.15, 0.2) is 7.29 Å². The van der Waals surface area contributed by atoms with E-state index < -0.39 is 7.29 Å².